The summed E-state index contributed by atoms with van der Waals surface area (Å²) in [7, 11) is 1.94. The monoisotopic (exact) mass is 235 g/mol. The van der Waals surface area contributed by atoms with E-state index in [2.05, 4.69) is 26.0 Å². The summed E-state index contributed by atoms with van der Waals surface area (Å²) in [6.07, 6.45) is 0.657. The van der Waals surface area contributed by atoms with E-state index in [1.807, 2.05) is 24.9 Å². The number of nitrogens with zero attached hydrogens (tertiary/aromatic N) is 1. The molecule has 1 aromatic carbocycles. The Labute approximate surface area is 103 Å². The van der Waals surface area contributed by atoms with Gasteiger partial charge in [0.1, 0.15) is 0 Å². The molecule has 0 radical (unpaired) electrons. The molecule has 0 fully saturated rings. The molecule has 0 spiro atoms. The van der Waals surface area contributed by atoms with Gasteiger partial charge in [0.15, 0.2) is 0 Å². The van der Waals surface area contributed by atoms with E-state index < -0.39 is 5.97 Å². The largest absolute Gasteiger partial charge is 0.481 e. The molecule has 3 heteroatoms. The molecule has 3 nitrogen and oxygen atoms in total. The number of rotatable bonds is 5. The van der Waals surface area contributed by atoms with Crippen LogP contribution in [0.4, 0.5) is 5.69 Å². The average Bonchev–Trinajstić information content (AvgIpc) is 2.28. The highest BCUT2D eigenvalue weighted by atomic mass is 16.4. The SMILES string of the molecule is CCC(CN(C)c1ccc(C)c(C)c1)C(=O)O. The highest BCUT2D eigenvalue weighted by molar-refractivity contribution is 5.71. The van der Waals surface area contributed by atoms with Gasteiger partial charge >= 0.3 is 5.97 Å². The van der Waals surface area contributed by atoms with Crippen molar-refractivity contribution in [1.29, 1.82) is 0 Å². The van der Waals surface area contributed by atoms with E-state index in [9.17, 15) is 4.79 Å². The van der Waals surface area contributed by atoms with Crippen LogP contribution in [0.15, 0.2) is 18.2 Å². The van der Waals surface area contributed by atoms with Crippen molar-refractivity contribution in [2.75, 3.05) is 18.5 Å². The first-order valence-corrected chi connectivity index (χ1v) is 5.97. The van der Waals surface area contributed by atoms with E-state index in [4.69, 9.17) is 5.11 Å². The minimum absolute atomic E-state index is 0.304. The molecule has 0 saturated carbocycles. The zero-order valence-electron chi connectivity index (χ0n) is 11.0. The third kappa shape index (κ3) is 3.48. The van der Waals surface area contributed by atoms with Crippen molar-refractivity contribution < 1.29 is 9.90 Å². The number of hydrogen-bond donors (Lipinski definition) is 1. The zero-order valence-corrected chi connectivity index (χ0v) is 11.0. The number of hydrogen-bond acceptors (Lipinski definition) is 2. The number of benzene rings is 1. The van der Waals surface area contributed by atoms with Crippen molar-refractivity contribution in [3.63, 3.8) is 0 Å². The van der Waals surface area contributed by atoms with Crippen LogP contribution >= 0.6 is 0 Å². The lowest BCUT2D eigenvalue weighted by Gasteiger charge is -2.23. The second-order valence-electron chi connectivity index (χ2n) is 4.59. The summed E-state index contributed by atoms with van der Waals surface area (Å²) in [6.45, 7) is 6.60. The van der Waals surface area contributed by atoms with Gasteiger partial charge in [-0.1, -0.05) is 13.0 Å². The van der Waals surface area contributed by atoms with Crippen LogP contribution in [0.5, 0.6) is 0 Å². The van der Waals surface area contributed by atoms with E-state index >= 15 is 0 Å². The summed E-state index contributed by atoms with van der Waals surface area (Å²) >= 11 is 0. The molecular formula is C14H21NO2. The Bertz CT molecular complexity index is 401. The standard InChI is InChI=1S/C14H21NO2/c1-5-12(14(16)17)9-15(4)13-7-6-10(2)11(3)8-13/h6-8,12H,5,9H2,1-4H3,(H,16,17). The first-order valence-electron chi connectivity index (χ1n) is 5.97. The predicted molar refractivity (Wildman–Crippen MR) is 70.6 cm³/mol. The van der Waals surface area contributed by atoms with Crippen molar-refractivity contribution in [1.82, 2.24) is 0 Å². The van der Waals surface area contributed by atoms with Crippen LogP contribution in [-0.4, -0.2) is 24.7 Å². The maximum absolute atomic E-state index is 11.0. The minimum atomic E-state index is -0.719. The van der Waals surface area contributed by atoms with Crippen molar-refractivity contribution in [2.24, 2.45) is 5.92 Å². The van der Waals surface area contributed by atoms with Gasteiger partial charge in [-0.25, -0.2) is 0 Å². The minimum Gasteiger partial charge on any atom is -0.481 e. The molecule has 0 bridgehead atoms. The van der Waals surface area contributed by atoms with Gasteiger partial charge in [0, 0.05) is 19.3 Å². The summed E-state index contributed by atoms with van der Waals surface area (Å²) < 4.78 is 0. The van der Waals surface area contributed by atoms with Gasteiger partial charge < -0.3 is 10.0 Å². The molecule has 17 heavy (non-hydrogen) atoms. The lowest BCUT2D eigenvalue weighted by molar-refractivity contribution is -0.141. The number of anilines is 1. The number of carboxylic acids is 1. The van der Waals surface area contributed by atoms with Gasteiger partial charge in [-0.15, -0.1) is 0 Å². The maximum Gasteiger partial charge on any atom is 0.308 e. The van der Waals surface area contributed by atoms with Gasteiger partial charge in [0.25, 0.3) is 0 Å². The molecule has 1 rings (SSSR count). The van der Waals surface area contributed by atoms with Gasteiger partial charge in [0.2, 0.25) is 0 Å². The van der Waals surface area contributed by atoms with Crippen molar-refractivity contribution in [3.8, 4) is 0 Å². The smallest absolute Gasteiger partial charge is 0.308 e. The normalized spacial score (nSPS) is 12.2. The molecule has 1 N–H and O–H groups in total. The van der Waals surface area contributed by atoms with Crippen LogP contribution in [-0.2, 0) is 4.79 Å². The Kier molecular flexibility index (Phi) is 4.55. The topological polar surface area (TPSA) is 40.5 Å². The molecule has 0 saturated heterocycles. The van der Waals surface area contributed by atoms with Crippen LogP contribution in [0.1, 0.15) is 24.5 Å². The third-order valence-electron chi connectivity index (χ3n) is 3.27. The lowest BCUT2D eigenvalue weighted by Crippen LogP contribution is -2.29. The first-order chi connectivity index (χ1) is 7.95. The fraction of sp³-hybridized carbons (Fsp3) is 0.500. The molecule has 1 atom stereocenters. The van der Waals surface area contributed by atoms with E-state index in [0.29, 0.717) is 13.0 Å². The fourth-order valence-corrected chi connectivity index (χ4v) is 1.78. The predicted octanol–water partition coefficient (Wildman–Crippen LogP) is 2.85. The fourth-order valence-electron chi connectivity index (χ4n) is 1.78. The van der Waals surface area contributed by atoms with Crippen molar-refractivity contribution in [3.05, 3.63) is 29.3 Å². The van der Waals surface area contributed by atoms with Crippen LogP contribution in [0, 0.1) is 19.8 Å². The van der Waals surface area contributed by atoms with E-state index in [-0.39, 0.29) is 5.92 Å². The van der Waals surface area contributed by atoms with Crippen LogP contribution in [0.3, 0.4) is 0 Å². The Morgan fingerprint density at radius 2 is 2.00 bits per heavy atom. The average molecular weight is 235 g/mol. The summed E-state index contributed by atoms with van der Waals surface area (Å²) in [5.74, 6) is -1.02. The van der Waals surface area contributed by atoms with Crippen LogP contribution in [0.25, 0.3) is 0 Å². The zero-order chi connectivity index (χ0) is 13.0. The molecule has 0 aromatic heterocycles. The second-order valence-corrected chi connectivity index (χ2v) is 4.59. The Balaban J connectivity index is 2.78. The summed E-state index contributed by atoms with van der Waals surface area (Å²) in [4.78, 5) is 13.0. The summed E-state index contributed by atoms with van der Waals surface area (Å²) in [5.41, 5.74) is 3.57. The van der Waals surface area contributed by atoms with Crippen molar-refractivity contribution >= 4 is 11.7 Å². The molecule has 0 aliphatic rings. The molecule has 0 heterocycles. The Morgan fingerprint density at radius 1 is 1.35 bits per heavy atom. The number of carboxylic acid groups (broad SMARTS) is 1. The first kappa shape index (κ1) is 13.6. The van der Waals surface area contributed by atoms with Crippen LogP contribution < -0.4 is 4.90 Å². The molecule has 94 valence electrons. The second kappa shape index (κ2) is 5.71. The van der Waals surface area contributed by atoms with Gasteiger partial charge in [-0.3, -0.25) is 4.79 Å². The number of aryl methyl sites for hydroxylation is 2. The van der Waals surface area contributed by atoms with Gasteiger partial charge in [0.05, 0.1) is 5.92 Å². The molecule has 1 aromatic rings. The highest BCUT2D eigenvalue weighted by Crippen LogP contribution is 2.19. The van der Waals surface area contributed by atoms with E-state index in [1.54, 1.807) is 0 Å². The molecular weight excluding hydrogens is 214 g/mol. The van der Waals surface area contributed by atoms with E-state index in [0.717, 1.165) is 5.69 Å². The molecule has 1 unspecified atom stereocenters. The molecule has 0 aliphatic heterocycles. The van der Waals surface area contributed by atoms with Gasteiger partial charge in [-0.05, 0) is 43.5 Å². The third-order valence-corrected chi connectivity index (χ3v) is 3.27. The summed E-state index contributed by atoms with van der Waals surface area (Å²) in [5, 5.41) is 9.04. The molecule has 0 aliphatic carbocycles. The van der Waals surface area contributed by atoms with Crippen molar-refractivity contribution in [2.45, 2.75) is 27.2 Å². The quantitative estimate of drug-likeness (QED) is 0.853. The summed E-state index contributed by atoms with van der Waals surface area (Å²) in [6, 6.07) is 6.21. The molecule has 0 amide bonds. The van der Waals surface area contributed by atoms with Gasteiger partial charge in [-0.2, -0.15) is 0 Å². The van der Waals surface area contributed by atoms with Crippen LogP contribution in [0.2, 0.25) is 0 Å². The maximum atomic E-state index is 11.0. The highest BCUT2D eigenvalue weighted by Gasteiger charge is 2.17. The lowest BCUT2D eigenvalue weighted by atomic mass is 10.1. The Morgan fingerprint density at radius 3 is 2.47 bits per heavy atom. The number of carbonyl (C=O) groups is 1. The number of aliphatic carboxylic acids is 1. The van der Waals surface area contributed by atoms with E-state index in [1.165, 1.54) is 11.1 Å². The Hall–Kier alpha value is -1.51.